The fourth-order valence-corrected chi connectivity index (χ4v) is 1.77. The standard InChI is InChI=1S/C11H20N2O/c1-7(2)9(14)11(4,5)10-12-6-8(3)13-10/h7-8H,6H2,1-5H3,(H,12,13). The molecule has 1 unspecified atom stereocenters. The molecule has 1 aliphatic heterocycles. The summed E-state index contributed by atoms with van der Waals surface area (Å²) in [6.07, 6.45) is 0. The molecule has 3 nitrogen and oxygen atoms in total. The van der Waals surface area contributed by atoms with Crippen molar-refractivity contribution in [1.29, 1.82) is 0 Å². The first-order valence-corrected chi connectivity index (χ1v) is 5.21. The van der Waals surface area contributed by atoms with E-state index in [2.05, 4.69) is 17.2 Å². The number of aliphatic imine (C=N–C) groups is 1. The zero-order valence-corrected chi connectivity index (χ0v) is 9.72. The highest BCUT2D eigenvalue weighted by Crippen LogP contribution is 2.24. The van der Waals surface area contributed by atoms with Gasteiger partial charge in [0.1, 0.15) is 11.6 Å². The Morgan fingerprint density at radius 1 is 1.57 bits per heavy atom. The van der Waals surface area contributed by atoms with Crippen molar-refractivity contribution in [2.24, 2.45) is 16.3 Å². The van der Waals surface area contributed by atoms with Gasteiger partial charge in [0.15, 0.2) is 0 Å². The van der Waals surface area contributed by atoms with Crippen molar-refractivity contribution in [2.75, 3.05) is 6.54 Å². The minimum absolute atomic E-state index is 0.0606. The highest BCUT2D eigenvalue weighted by molar-refractivity contribution is 6.09. The number of Topliss-reactive ketones (excluding diaryl/α,β-unsaturated/α-hetero) is 1. The zero-order valence-electron chi connectivity index (χ0n) is 9.72. The maximum absolute atomic E-state index is 11.9. The van der Waals surface area contributed by atoms with Gasteiger partial charge in [0.05, 0.1) is 12.0 Å². The first-order valence-electron chi connectivity index (χ1n) is 5.21. The summed E-state index contributed by atoms with van der Waals surface area (Å²) >= 11 is 0. The Balaban J connectivity index is 2.80. The number of carbonyl (C=O) groups is 1. The number of nitrogens with one attached hydrogen (secondary N) is 1. The van der Waals surface area contributed by atoms with Crippen LogP contribution in [-0.4, -0.2) is 24.2 Å². The van der Waals surface area contributed by atoms with Crippen molar-refractivity contribution in [3.05, 3.63) is 0 Å². The number of carbonyl (C=O) groups excluding carboxylic acids is 1. The second kappa shape index (κ2) is 3.71. The third kappa shape index (κ3) is 1.97. The van der Waals surface area contributed by atoms with Gasteiger partial charge in [-0.3, -0.25) is 9.79 Å². The summed E-state index contributed by atoms with van der Waals surface area (Å²) in [4.78, 5) is 16.3. The van der Waals surface area contributed by atoms with E-state index in [1.165, 1.54) is 0 Å². The Bertz CT molecular complexity index is 266. The highest BCUT2D eigenvalue weighted by Gasteiger charge is 2.37. The van der Waals surface area contributed by atoms with E-state index in [4.69, 9.17) is 0 Å². The predicted molar refractivity (Wildman–Crippen MR) is 58.5 cm³/mol. The number of rotatable bonds is 3. The lowest BCUT2D eigenvalue weighted by molar-refractivity contribution is -0.127. The van der Waals surface area contributed by atoms with Crippen molar-refractivity contribution in [1.82, 2.24) is 5.32 Å². The van der Waals surface area contributed by atoms with Gasteiger partial charge in [0.25, 0.3) is 0 Å². The molecule has 0 fully saturated rings. The Hall–Kier alpha value is -0.860. The number of hydrogen-bond donors (Lipinski definition) is 1. The van der Waals surface area contributed by atoms with E-state index in [-0.39, 0.29) is 11.7 Å². The van der Waals surface area contributed by atoms with Crippen LogP contribution in [0, 0.1) is 11.3 Å². The van der Waals surface area contributed by atoms with Crippen molar-refractivity contribution >= 4 is 11.6 Å². The first kappa shape index (κ1) is 11.2. The van der Waals surface area contributed by atoms with Crippen LogP contribution < -0.4 is 5.32 Å². The van der Waals surface area contributed by atoms with E-state index in [1.807, 2.05) is 27.7 Å². The molecular weight excluding hydrogens is 176 g/mol. The second-order valence-corrected chi connectivity index (χ2v) is 4.88. The molecule has 0 amide bonds. The minimum Gasteiger partial charge on any atom is -0.369 e. The first-order chi connectivity index (χ1) is 6.35. The van der Waals surface area contributed by atoms with E-state index in [0.29, 0.717) is 6.04 Å². The summed E-state index contributed by atoms with van der Waals surface area (Å²) in [7, 11) is 0. The van der Waals surface area contributed by atoms with Gasteiger partial charge in [0, 0.05) is 12.0 Å². The molecular formula is C11H20N2O. The summed E-state index contributed by atoms with van der Waals surface area (Å²) < 4.78 is 0. The van der Waals surface area contributed by atoms with Crippen LogP contribution in [0.4, 0.5) is 0 Å². The van der Waals surface area contributed by atoms with E-state index in [0.717, 1.165) is 12.4 Å². The molecule has 0 saturated heterocycles. The molecule has 1 rings (SSSR count). The van der Waals surface area contributed by atoms with Gasteiger partial charge in [-0.1, -0.05) is 13.8 Å². The summed E-state index contributed by atoms with van der Waals surface area (Å²) in [6.45, 7) is 10.6. The molecule has 1 N–H and O–H groups in total. The number of amidine groups is 1. The predicted octanol–water partition coefficient (Wildman–Crippen LogP) is 1.63. The average molecular weight is 196 g/mol. The van der Waals surface area contributed by atoms with Crippen molar-refractivity contribution in [2.45, 2.75) is 40.7 Å². The molecule has 0 aromatic rings. The Morgan fingerprint density at radius 2 is 2.14 bits per heavy atom. The van der Waals surface area contributed by atoms with Crippen molar-refractivity contribution < 1.29 is 4.79 Å². The Kier molecular flexibility index (Phi) is 2.98. The number of hydrogen-bond acceptors (Lipinski definition) is 3. The largest absolute Gasteiger partial charge is 0.369 e. The number of nitrogens with zero attached hydrogens (tertiary/aromatic N) is 1. The SMILES string of the molecule is CC1CN=C(C(C)(C)C(=O)C(C)C)N1. The molecule has 14 heavy (non-hydrogen) atoms. The molecule has 1 heterocycles. The molecule has 80 valence electrons. The second-order valence-electron chi connectivity index (χ2n) is 4.88. The smallest absolute Gasteiger partial charge is 0.148 e. The lowest BCUT2D eigenvalue weighted by atomic mass is 9.81. The van der Waals surface area contributed by atoms with Crippen LogP contribution in [0.3, 0.4) is 0 Å². The minimum atomic E-state index is -0.459. The van der Waals surface area contributed by atoms with Crippen LogP contribution in [-0.2, 0) is 4.79 Å². The van der Waals surface area contributed by atoms with Crippen LogP contribution in [0.15, 0.2) is 4.99 Å². The lowest BCUT2D eigenvalue weighted by Crippen LogP contribution is -2.44. The monoisotopic (exact) mass is 196 g/mol. The normalized spacial score (nSPS) is 22.1. The molecule has 0 aliphatic carbocycles. The van der Waals surface area contributed by atoms with Crippen LogP contribution in [0.1, 0.15) is 34.6 Å². The fraction of sp³-hybridized carbons (Fsp3) is 0.818. The van der Waals surface area contributed by atoms with Gasteiger partial charge >= 0.3 is 0 Å². The van der Waals surface area contributed by atoms with Gasteiger partial charge in [-0.25, -0.2) is 0 Å². The maximum atomic E-state index is 11.9. The van der Waals surface area contributed by atoms with E-state index < -0.39 is 5.41 Å². The Labute approximate surface area is 86.0 Å². The third-order valence-electron chi connectivity index (χ3n) is 2.64. The van der Waals surface area contributed by atoms with Gasteiger partial charge in [-0.15, -0.1) is 0 Å². The van der Waals surface area contributed by atoms with E-state index >= 15 is 0 Å². The molecule has 1 aliphatic rings. The van der Waals surface area contributed by atoms with Gasteiger partial charge in [0.2, 0.25) is 0 Å². The van der Waals surface area contributed by atoms with Crippen LogP contribution in [0.25, 0.3) is 0 Å². The highest BCUT2D eigenvalue weighted by atomic mass is 16.1. The molecule has 0 saturated carbocycles. The quantitative estimate of drug-likeness (QED) is 0.745. The molecule has 3 heteroatoms. The summed E-state index contributed by atoms with van der Waals surface area (Å²) in [5, 5.41) is 3.26. The van der Waals surface area contributed by atoms with Crippen LogP contribution >= 0.6 is 0 Å². The number of ketones is 1. The molecule has 0 aromatic carbocycles. The average Bonchev–Trinajstić information content (AvgIpc) is 2.50. The zero-order chi connectivity index (χ0) is 10.9. The molecule has 0 bridgehead atoms. The summed E-state index contributed by atoms with van der Waals surface area (Å²) in [5.41, 5.74) is -0.459. The van der Waals surface area contributed by atoms with Gasteiger partial charge in [-0.05, 0) is 20.8 Å². The van der Waals surface area contributed by atoms with Crippen LogP contribution in [0.2, 0.25) is 0 Å². The van der Waals surface area contributed by atoms with Crippen molar-refractivity contribution in [3.8, 4) is 0 Å². The van der Waals surface area contributed by atoms with Gasteiger partial charge in [-0.2, -0.15) is 0 Å². The van der Waals surface area contributed by atoms with E-state index in [9.17, 15) is 4.79 Å². The lowest BCUT2D eigenvalue weighted by Gasteiger charge is -2.26. The molecule has 0 spiro atoms. The van der Waals surface area contributed by atoms with Gasteiger partial charge < -0.3 is 5.32 Å². The van der Waals surface area contributed by atoms with Crippen LogP contribution in [0.5, 0.6) is 0 Å². The van der Waals surface area contributed by atoms with Crippen molar-refractivity contribution in [3.63, 3.8) is 0 Å². The molecule has 0 aromatic heterocycles. The summed E-state index contributed by atoms with van der Waals surface area (Å²) in [5.74, 6) is 1.16. The fourth-order valence-electron chi connectivity index (χ4n) is 1.77. The van der Waals surface area contributed by atoms with E-state index in [1.54, 1.807) is 0 Å². The molecule has 0 radical (unpaired) electrons. The maximum Gasteiger partial charge on any atom is 0.148 e. The molecule has 1 atom stereocenters. The Morgan fingerprint density at radius 3 is 2.50 bits per heavy atom. The topological polar surface area (TPSA) is 41.5 Å². The summed E-state index contributed by atoms with van der Waals surface area (Å²) in [6, 6.07) is 0.365. The third-order valence-corrected chi connectivity index (χ3v) is 2.64.